The van der Waals surface area contributed by atoms with Gasteiger partial charge in [-0.25, -0.2) is 0 Å². The fourth-order valence-electron chi connectivity index (χ4n) is 1.21. The molecule has 1 aromatic heterocycles. The first kappa shape index (κ1) is 7.90. The largest absolute Gasteiger partial charge is 0.506 e. The van der Waals surface area contributed by atoms with E-state index in [0.717, 1.165) is 5.39 Å². The Morgan fingerprint density at radius 1 is 1.46 bits per heavy atom. The Balaban J connectivity index is 2.94. The first-order chi connectivity index (χ1) is 6.24. The highest BCUT2D eigenvalue weighted by Gasteiger charge is 2.10. The number of phenols is 1. The number of anilines is 1. The van der Waals surface area contributed by atoms with Crippen molar-refractivity contribution >= 4 is 27.1 Å². The lowest BCUT2D eigenvalue weighted by molar-refractivity contribution is 0.482. The van der Waals surface area contributed by atoms with Gasteiger partial charge in [0.15, 0.2) is 0 Å². The van der Waals surface area contributed by atoms with Gasteiger partial charge in [-0.2, -0.15) is 5.26 Å². The second-order valence-corrected chi connectivity index (χ2v) is 3.63. The third-order valence-corrected chi connectivity index (χ3v) is 2.98. The Labute approximate surface area is 78.6 Å². The molecule has 0 aliphatic heterocycles. The van der Waals surface area contributed by atoms with E-state index in [1.165, 1.54) is 11.3 Å². The van der Waals surface area contributed by atoms with Crippen molar-refractivity contribution in [1.29, 1.82) is 5.26 Å². The molecule has 0 unspecified atom stereocenters. The zero-order chi connectivity index (χ0) is 9.42. The van der Waals surface area contributed by atoms with E-state index in [1.807, 2.05) is 6.07 Å². The zero-order valence-corrected chi connectivity index (χ0v) is 7.43. The van der Waals surface area contributed by atoms with Crippen molar-refractivity contribution in [3.05, 3.63) is 23.1 Å². The van der Waals surface area contributed by atoms with Crippen LogP contribution in [0.1, 0.15) is 4.88 Å². The molecule has 0 bridgehead atoms. The summed E-state index contributed by atoms with van der Waals surface area (Å²) in [6, 6.07) is 7.08. The average molecular weight is 190 g/mol. The van der Waals surface area contributed by atoms with E-state index in [1.54, 1.807) is 18.2 Å². The molecule has 3 N–H and O–H groups in total. The van der Waals surface area contributed by atoms with Crippen LogP contribution in [-0.2, 0) is 0 Å². The van der Waals surface area contributed by atoms with Crippen molar-refractivity contribution in [2.24, 2.45) is 0 Å². The van der Waals surface area contributed by atoms with E-state index >= 15 is 0 Å². The molecular formula is C9H6N2OS. The number of aromatic hydroxyl groups is 1. The smallest absolute Gasteiger partial charge is 0.133 e. The van der Waals surface area contributed by atoms with Crippen molar-refractivity contribution in [1.82, 2.24) is 0 Å². The van der Waals surface area contributed by atoms with Gasteiger partial charge in [-0.15, -0.1) is 11.3 Å². The SMILES string of the molecule is N#Cc1sc2c(O)cccc2c1N. The Kier molecular flexibility index (Phi) is 1.61. The molecule has 0 spiro atoms. The van der Waals surface area contributed by atoms with Gasteiger partial charge in [0, 0.05) is 5.39 Å². The third-order valence-electron chi connectivity index (χ3n) is 1.83. The monoisotopic (exact) mass is 190 g/mol. The van der Waals surface area contributed by atoms with Gasteiger partial charge in [0.2, 0.25) is 0 Å². The zero-order valence-electron chi connectivity index (χ0n) is 6.61. The van der Waals surface area contributed by atoms with Crippen molar-refractivity contribution in [3.8, 4) is 11.8 Å². The second-order valence-electron chi connectivity index (χ2n) is 2.61. The average Bonchev–Trinajstić information content (AvgIpc) is 2.45. The molecule has 4 heteroatoms. The quantitative estimate of drug-likeness (QED) is 0.668. The molecule has 0 atom stereocenters. The number of nitrogens with two attached hydrogens (primary N) is 1. The molecule has 64 valence electrons. The van der Waals surface area contributed by atoms with Crippen LogP contribution in [0.4, 0.5) is 5.69 Å². The van der Waals surface area contributed by atoms with E-state index in [-0.39, 0.29) is 5.75 Å². The number of hydrogen-bond acceptors (Lipinski definition) is 4. The summed E-state index contributed by atoms with van der Waals surface area (Å²) in [7, 11) is 0. The summed E-state index contributed by atoms with van der Waals surface area (Å²) in [4.78, 5) is 0.455. The predicted molar refractivity (Wildman–Crippen MR) is 52.6 cm³/mol. The van der Waals surface area contributed by atoms with Crippen LogP contribution in [0.3, 0.4) is 0 Å². The molecule has 1 aromatic carbocycles. The van der Waals surface area contributed by atoms with E-state index in [0.29, 0.717) is 15.3 Å². The number of thiophene rings is 1. The van der Waals surface area contributed by atoms with Crippen molar-refractivity contribution < 1.29 is 5.11 Å². The summed E-state index contributed by atoms with van der Waals surface area (Å²) in [6.45, 7) is 0. The third kappa shape index (κ3) is 1.02. The molecule has 0 saturated heterocycles. The highest BCUT2D eigenvalue weighted by Crippen LogP contribution is 2.37. The van der Waals surface area contributed by atoms with Crippen LogP contribution in [0.15, 0.2) is 18.2 Å². The first-order valence-corrected chi connectivity index (χ1v) is 4.45. The number of benzene rings is 1. The van der Waals surface area contributed by atoms with Crippen molar-refractivity contribution in [2.75, 3.05) is 5.73 Å². The van der Waals surface area contributed by atoms with Gasteiger partial charge in [0.1, 0.15) is 16.7 Å². The fraction of sp³-hybridized carbons (Fsp3) is 0. The number of fused-ring (bicyclic) bond motifs is 1. The maximum absolute atomic E-state index is 9.45. The minimum absolute atomic E-state index is 0.177. The van der Waals surface area contributed by atoms with Gasteiger partial charge in [-0.3, -0.25) is 0 Å². The fourth-order valence-corrected chi connectivity index (χ4v) is 2.14. The number of nitrogen functional groups attached to an aromatic ring is 1. The molecule has 0 fully saturated rings. The van der Waals surface area contributed by atoms with Crippen LogP contribution < -0.4 is 5.73 Å². The van der Waals surface area contributed by atoms with E-state index in [9.17, 15) is 5.11 Å². The first-order valence-electron chi connectivity index (χ1n) is 3.64. The normalized spacial score (nSPS) is 10.1. The highest BCUT2D eigenvalue weighted by molar-refractivity contribution is 7.20. The molecule has 3 nitrogen and oxygen atoms in total. The van der Waals surface area contributed by atoms with E-state index < -0.39 is 0 Å². The molecule has 2 rings (SSSR count). The van der Waals surface area contributed by atoms with Gasteiger partial charge in [-0.1, -0.05) is 12.1 Å². The Hall–Kier alpha value is -1.73. The minimum Gasteiger partial charge on any atom is -0.506 e. The van der Waals surface area contributed by atoms with E-state index in [2.05, 4.69) is 0 Å². The number of rotatable bonds is 0. The second kappa shape index (κ2) is 2.64. The molecular weight excluding hydrogens is 184 g/mol. The maximum Gasteiger partial charge on any atom is 0.133 e. The standard InChI is InChI=1S/C9H6N2OS/c10-4-7-8(11)5-2-1-3-6(12)9(5)13-7/h1-3,12H,11H2. The predicted octanol–water partition coefficient (Wildman–Crippen LogP) is 2.06. The summed E-state index contributed by atoms with van der Waals surface area (Å²) in [5.74, 6) is 0.177. The Morgan fingerprint density at radius 3 is 2.85 bits per heavy atom. The van der Waals surface area contributed by atoms with Crippen LogP contribution in [0.25, 0.3) is 10.1 Å². The summed E-state index contributed by atoms with van der Waals surface area (Å²) in [5.41, 5.74) is 6.15. The van der Waals surface area contributed by atoms with Gasteiger partial charge in [-0.05, 0) is 6.07 Å². The van der Waals surface area contributed by atoms with Crippen LogP contribution >= 0.6 is 11.3 Å². The molecule has 0 aliphatic carbocycles. The van der Waals surface area contributed by atoms with Gasteiger partial charge in [0.25, 0.3) is 0 Å². The molecule has 2 aromatic rings. The van der Waals surface area contributed by atoms with Gasteiger partial charge < -0.3 is 10.8 Å². The summed E-state index contributed by atoms with van der Waals surface area (Å²) in [6.07, 6.45) is 0. The Morgan fingerprint density at radius 2 is 2.23 bits per heavy atom. The van der Waals surface area contributed by atoms with Gasteiger partial charge >= 0.3 is 0 Å². The van der Waals surface area contributed by atoms with Crippen LogP contribution in [-0.4, -0.2) is 5.11 Å². The Bertz CT molecular complexity index is 510. The lowest BCUT2D eigenvalue weighted by Gasteiger charge is -1.92. The summed E-state index contributed by atoms with van der Waals surface area (Å²) in [5, 5.41) is 18.9. The van der Waals surface area contributed by atoms with Crippen LogP contribution in [0.2, 0.25) is 0 Å². The molecule has 0 amide bonds. The van der Waals surface area contributed by atoms with Crippen molar-refractivity contribution in [3.63, 3.8) is 0 Å². The maximum atomic E-state index is 9.45. The summed E-state index contributed by atoms with van der Waals surface area (Å²) >= 11 is 1.21. The van der Waals surface area contributed by atoms with E-state index in [4.69, 9.17) is 11.0 Å². The molecule has 1 heterocycles. The highest BCUT2D eigenvalue weighted by atomic mass is 32.1. The molecule has 0 saturated carbocycles. The summed E-state index contributed by atoms with van der Waals surface area (Å²) < 4.78 is 0.677. The number of phenolic OH excluding ortho intramolecular Hbond substituents is 1. The van der Waals surface area contributed by atoms with Crippen LogP contribution in [0.5, 0.6) is 5.75 Å². The topological polar surface area (TPSA) is 70.0 Å². The number of nitriles is 1. The molecule has 0 aliphatic rings. The lowest BCUT2D eigenvalue weighted by atomic mass is 10.2. The molecule has 13 heavy (non-hydrogen) atoms. The lowest BCUT2D eigenvalue weighted by Crippen LogP contribution is -1.83. The molecule has 0 radical (unpaired) electrons. The van der Waals surface area contributed by atoms with Gasteiger partial charge in [0.05, 0.1) is 10.4 Å². The van der Waals surface area contributed by atoms with Crippen LogP contribution in [0, 0.1) is 11.3 Å². The van der Waals surface area contributed by atoms with Crippen molar-refractivity contribution in [2.45, 2.75) is 0 Å². The minimum atomic E-state index is 0.177. The number of hydrogen-bond donors (Lipinski definition) is 2. The number of nitrogens with zero attached hydrogens (tertiary/aromatic N) is 1.